The van der Waals surface area contributed by atoms with Gasteiger partial charge in [-0.25, -0.2) is 0 Å². The number of hydrogen-bond donors (Lipinski definition) is 0. The molecule has 0 saturated heterocycles. The van der Waals surface area contributed by atoms with Gasteiger partial charge in [0.05, 0.1) is 5.04 Å². The Labute approximate surface area is 156 Å². The number of hydrogen-bond acceptors (Lipinski definition) is 3. The van der Waals surface area contributed by atoms with Crippen LogP contribution in [0.2, 0.25) is 5.04 Å². The van der Waals surface area contributed by atoms with E-state index in [1.54, 1.807) is 0 Å². The Morgan fingerprint density at radius 3 is 1.00 bits per heavy atom. The maximum Gasteiger partial charge on any atom is 0.705 e. The molecule has 0 spiro atoms. The van der Waals surface area contributed by atoms with E-state index in [1.807, 2.05) is 91.0 Å². The van der Waals surface area contributed by atoms with Crippen LogP contribution in [0.4, 0.5) is 0 Å². The predicted octanol–water partition coefficient (Wildman–Crippen LogP) is 5.96. The molecule has 3 aromatic rings. The summed E-state index contributed by atoms with van der Waals surface area (Å²) in [7, 11) is -3.22. The van der Waals surface area contributed by atoms with Crippen LogP contribution >= 0.6 is 0 Å². The van der Waals surface area contributed by atoms with Crippen molar-refractivity contribution < 1.29 is 13.3 Å². The molecule has 0 saturated carbocycles. The third-order valence-corrected chi connectivity index (χ3v) is 7.26. The summed E-state index contributed by atoms with van der Waals surface area (Å²) < 4.78 is 19.4. The Bertz CT molecular complexity index is 698. The molecule has 0 unspecified atom stereocenters. The molecule has 0 aliphatic rings. The third-order valence-electron chi connectivity index (χ3n) is 3.90. The number of rotatable bonds is 6. The second-order valence-corrected chi connectivity index (χ2v) is 10.3. The fourth-order valence-corrected chi connectivity index (χ4v) is 4.84. The van der Waals surface area contributed by atoms with E-state index >= 15 is 0 Å². The average Bonchev–Trinajstić information content (AvgIpc) is 2.63. The standard InChI is InChI=1S/C22H24O3Si/c1-22(2,3)26(23-19-13-7-4-8-14-19,24-20-15-9-5-10-16-20)25-21-17-11-6-12-18-21/h4-18H,1-3H3. The van der Waals surface area contributed by atoms with Gasteiger partial charge in [-0.15, -0.1) is 0 Å². The van der Waals surface area contributed by atoms with Gasteiger partial charge in [-0.1, -0.05) is 75.4 Å². The van der Waals surface area contributed by atoms with Gasteiger partial charge in [0.15, 0.2) is 0 Å². The van der Waals surface area contributed by atoms with E-state index in [4.69, 9.17) is 13.3 Å². The van der Waals surface area contributed by atoms with E-state index < -0.39 is 8.80 Å². The van der Waals surface area contributed by atoms with Crippen LogP contribution in [0.3, 0.4) is 0 Å². The molecule has 0 atom stereocenters. The van der Waals surface area contributed by atoms with Gasteiger partial charge in [0.2, 0.25) is 0 Å². The summed E-state index contributed by atoms with van der Waals surface area (Å²) in [6.45, 7) is 6.27. The first-order valence-corrected chi connectivity index (χ1v) is 10.4. The predicted molar refractivity (Wildman–Crippen MR) is 107 cm³/mol. The topological polar surface area (TPSA) is 27.7 Å². The van der Waals surface area contributed by atoms with Gasteiger partial charge in [-0.2, -0.15) is 0 Å². The Hall–Kier alpha value is -2.72. The van der Waals surface area contributed by atoms with Gasteiger partial charge in [-0.05, 0) is 36.4 Å². The SMILES string of the molecule is CC(C)(C)[Si](Oc1ccccc1)(Oc1ccccc1)Oc1ccccc1. The van der Waals surface area contributed by atoms with Gasteiger partial charge in [0.1, 0.15) is 17.2 Å². The summed E-state index contributed by atoms with van der Waals surface area (Å²) in [4.78, 5) is 0. The van der Waals surface area contributed by atoms with Crippen LogP contribution < -0.4 is 13.3 Å². The van der Waals surface area contributed by atoms with Crippen molar-refractivity contribution in [2.24, 2.45) is 0 Å². The van der Waals surface area contributed by atoms with Gasteiger partial charge in [-0.3, -0.25) is 0 Å². The smallest absolute Gasteiger partial charge is 0.483 e. The quantitative estimate of drug-likeness (QED) is 0.505. The molecule has 0 radical (unpaired) electrons. The molecule has 0 aliphatic heterocycles. The van der Waals surface area contributed by atoms with Gasteiger partial charge in [0, 0.05) is 0 Å². The molecule has 26 heavy (non-hydrogen) atoms. The molecule has 0 N–H and O–H groups in total. The van der Waals surface area contributed by atoms with Crippen molar-refractivity contribution in [3.8, 4) is 17.2 Å². The van der Waals surface area contributed by atoms with Crippen molar-refractivity contribution in [2.75, 3.05) is 0 Å². The van der Waals surface area contributed by atoms with Crippen molar-refractivity contribution in [1.82, 2.24) is 0 Å². The highest BCUT2D eigenvalue weighted by Gasteiger charge is 2.60. The van der Waals surface area contributed by atoms with E-state index in [0.717, 1.165) is 17.2 Å². The first kappa shape index (κ1) is 18.1. The summed E-state index contributed by atoms with van der Waals surface area (Å²) in [6.07, 6.45) is 0. The fraction of sp³-hybridized carbons (Fsp3) is 0.182. The van der Waals surface area contributed by atoms with Crippen LogP contribution in [0.15, 0.2) is 91.0 Å². The first-order chi connectivity index (χ1) is 12.5. The van der Waals surface area contributed by atoms with Crippen molar-refractivity contribution >= 4 is 8.80 Å². The Morgan fingerprint density at radius 2 is 0.769 bits per heavy atom. The summed E-state index contributed by atoms with van der Waals surface area (Å²) in [5.74, 6) is 2.21. The van der Waals surface area contributed by atoms with E-state index in [0.29, 0.717) is 0 Å². The lowest BCUT2D eigenvalue weighted by Crippen LogP contribution is -2.61. The number of para-hydroxylation sites is 3. The zero-order chi connectivity index (χ0) is 18.5. The molecule has 134 valence electrons. The lowest BCUT2D eigenvalue weighted by molar-refractivity contribution is 0.225. The lowest BCUT2D eigenvalue weighted by atomic mass is 10.3. The normalized spacial score (nSPS) is 11.7. The second-order valence-electron chi connectivity index (χ2n) is 7.05. The highest BCUT2D eigenvalue weighted by Crippen LogP contribution is 2.40. The molecule has 3 aromatic carbocycles. The van der Waals surface area contributed by atoms with Crippen LogP contribution in [0.1, 0.15) is 20.8 Å². The zero-order valence-electron chi connectivity index (χ0n) is 15.4. The van der Waals surface area contributed by atoms with E-state index in [-0.39, 0.29) is 5.04 Å². The molecule has 0 aliphatic carbocycles. The largest absolute Gasteiger partial charge is 0.705 e. The highest BCUT2D eigenvalue weighted by atomic mass is 28.4. The van der Waals surface area contributed by atoms with Crippen molar-refractivity contribution in [1.29, 1.82) is 0 Å². The van der Waals surface area contributed by atoms with Crippen LogP contribution in [0.25, 0.3) is 0 Å². The average molecular weight is 365 g/mol. The molecule has 0 amide bonds. The van der Waals surface area contributed by atoms with E-state index in [1.165, 1.54) is 0 Å². The summed E-state index contributed by atoms with van der Waals surface area (Å²) >= 11 is 0. The van der Waals surface area contributed by atoms with Crippen LogP contribution in [-0.2, 0) is 0 Å². The van der Waals surface area contributed by atoms with E-state index in [9.17, 15) is 0 Å². The summed E-state index contributed by atoms with van der Waals surface area (Å²) in [6, 6.07) is 29.1. The highest BCUT2D eigenvalue weighted by molar-refractivity contribution is 6.66. The van der Waals surface area contributed by atoms with Crippen LogP contribution in [0.5, 0.6) is 17.2 Å². The Morgan fingerprint density at radius 1 is 0.500 bits per heavy atom. The van der Waals surface area contributed by atoms with Gasteiger partial charge in [0.25, 0.3) is 0 Å². The molecular weight excluding hydrogens is 340 g/mol. The van der Waals surface area contributed by atoms with Gasteiger partial charge >= 0.3 is 8.80 Å². The van der Waals surface area contributed by atoms with Crippen LogP contribution in [0, 0.1) is 0 Å². The first-order valence-electron chi connectivity index (χ1n) is 8.71. The molecule has 0 bridgehead atoms. The summed E-state index contributed by atoms with van der Waals surface area (Å²) in [5.41, 5.74) is 0. The monoisotopic (exact) mass is 364 g/mol. The van der Waals surface area contributed by atoms with E-state index in [2.05, 4.69) is 20.8 Å². The molecule has 3 nitrogen and oxygen atoms in total. The second kappa shape index (κ2) is 7.66. The Balaban J connectivity index is 2.04. The fourth-order valence-electron chi connectivity index (χ4n) is 2.45. The molecule has 0 heterocycles. The maximum absolute atomic E-state index is 6.47. The van der Waals surface area contributed by atoms with Crippen LogP contribution in [-0.4, -0.2) is 8.80 Å². The van der Waals surface area contributed by atoms with Crippen molar-refractivity contribution in [2.45, 2.75) is 25.8 Å². The van der Waals surface area contributed by atoms with Crippen molar-refractivity contribution in [3.63, 3.8) is 0 Å². The molecule has 3 rings (SSSR count). The lowest BCUT2D eigenvalue weighted by Gasteiger charge is -2.38. The number of benzene rings is 3. The molecule has 4 heteroatoms. The minimum absolute atomic E-state index is 0.353. The third kappa shape index (κ3) is 4.27. The Kier molecular flexibility index (Phi) is 5.33. The maximum atomic E-state index is 6.47. The van der Waals surface area contributed by atoms with Crippen molar-refractivity contribution in [3.05, 3.63) is 91.0 Å². The minimum Gasteiger partial charge on any atom is -0.483 e. The molecular formula is C22H24O3Si. The molecule has 0 fully saturated rings. The van der Waals surface area contributed by atoms with Gasteiger partial charge < -0.3 is 13.3 Å². The summed E-state index contributed by atoms with van der Waals surface area (Å²) in [5, 5.41) is -0.353. The zero-order valence-corrected chi connectivity index (χ0v) is 16.4. The molecule has 0 aromatic heterocycles. The minimum atomic E-state index is -3.22.